The van der Waals surface area contributed by atoms with Crippen molar-refractivity contribution in [1.82, 2.24) is 15.0 Å². The van der Waals surface area contributed by atoms with Crippen LogP contribution in [0.3, 0.4) is 0 Å². The van der Waals surface area contributed by atoms with Crippen LogP contribution in [0.1, 0.15) is 30.7 Å². The fourth-order valence-electron chi connectivity index (χ4n) is 2.12. The van der Waals surface area contributed by atoms with E-state index in [1.807, 2.05) is 6.20 Å². The molecular formula is C12H15N3. The summed E-state index contributed by atoms with van der Waals surface area (Å²) in [5.41, 5.74) is 3.11. The highest BCUT2D eigenvalue weighted by Gasteiger charge is 2.19. The molecule has 3 nitrogen and oxygen atoms in total. The highest BCUT2D eigenvalue weighted by Crippen LogP contribution is 2.29. The molecule has 0 aromatic carbocycles. The van der Waals surface area contributed by atoms with E-state index in [0.717, 1.165) is 29.3 Å². The average molecular weight is 201 g/mol. The van der Waals surface area contributed by atoms with E-state index in [1.165, 1.54) is 24.8 Å². The second kappa shape index (κ2) is 3.33. The van der Waals surface area contributed by atoms with Crippen molar-refractivity contribution in [2.24, 2.45) is 5.92 Å². The molecule has 0 aliphatic heterocycles. The number of aryl methyl sites for hydroxylation is 1. The average Bonchev–Trinajstić information content (AvgIpc) is 2.53. The van der Waals surface area contributed by atoms with E-state index in [4.69, 9.17) is 0 Å². The maximum absolute atomic E-state index is 4.51. The molecule has 3 rings (SSSR count). The van der Waals surface area contributed by atoms with Gasteiger partial charge in [0.25, 0.3) is 0 Å². The van der Waals surface area contributed by atoms with E-state index >= 15 is 0 Å². The Morgan fingerprint density at radius 2 is 2.33 bits per heavy atom. The molecule has 0 radical (unpaired) electrons. The number of pyridine rings is 1. The Kier molecular flexibility index (Phi) is 1.97. The van der Waals surface area contributed by atoms with Gasteiger partial charge in [-0.1, -0.05) is 19.3 Å². The highest BCUT2D eigenvalue weighted by molar-refractivity contribution is 5.70. The standard InChI is InChI=1S/C12H15N3/c1-8-5-10-12(13-7-8)15-11(14-10)6-9-3-2-4-9/h5,7,9H,2-4,6H2,1H3,(H,13,14,15). The van der Waals surface area contributed by atoms with Crippen molar-refractivity contribution in [2.45, 2.75) is 32.6 Å². The van der Waals surface area contributed by atoms with E-state index in [2.05, 4.69) is 27.9 Å². The summed E-state index contributed by atoms with van der Waals surface area (Å²) in [4.78, 5) is 12.2. The Morgan fingerprint density at radius 1 is 1.47 bits per heavy atom. The van der Waals surface area contributed by atoms with Crippen molar-refractivity contribution in [3.63, 3.8) is 0 Å². The third-order valence-electron chi connectivity index (χ3n) is 3.23. The predicted octanol–water partition coefficient (Wildman–Crippen LogP) is 2.61. The molecule has 0 bridgehead atoms. The summed E-state index contributed by atoms with van der Waals surface area (Å²) in [6, 6.07) is 2.11. The second-order valence-electron chi connectivity index (χ2n) is 4.57. The molecule has 3 heteroatoms. The van der Waals surface area contributed by atoms with Gasteiger partial charge in [0.2, 0.25) is 0 Å². The highest BCUT2D eigenvalue weighted by atomic mass is 15.0. The number of hydrogen-bond acceptors (Lipinski definition) is 2. The molecule has 1 N–H and O–H groups in total. The largest absolute Gasteiger partial charge is 0.341 e. The quantitative estimate of drug-likeness (QED) is 0.811. The maximum Gasteiger partial charge on any atom is 0.177 e. The lowest BCUT2D eigenvalue weighted by molar-refractivity contribution is 0.310. The minimum Gasteiger partial charge on any atom is -0.341 e. The third-order valence-corrected chi connectivity index (χ3v) is 3.23. The molecule has 0 atom stereocenters. The van der Waals surface area contributed by atoms with Crippen LogP contribution in [0.25, 0.3) is 11.2 Å². The van der Waals surface area contributed by atoms with Crippen LogP contribution in [0.15, 0.2) is 12.3 Å². The van der Waals surface area contributed by atoms with Crippen molar-refractivity contribution in [3.8, 4) is 0 Å². The predicted molar refractivity (Wildman–Crippen MR) is 59.7 cm³/mol. The van der Waals surface area contributed by atoms with Crippen molar-refractivity contribution in [3.05, 3.63) is 23.7 Å². The minimum absolute atomic E-state index is 0.853. The molecule has 1 fully saturated rings. The summed E-state index contributed by atoms with van der Waals surface area (Å²) in [5, 5.41) is 0. The van der Waals surface area contributed by atoms with Gasteiger partial charge < -0.3 is 4.98 Å². The van der Waals surface area contributed by atoms with E-state index in [1.54, 1.807) is 0 Å². The Balaban J connectivity index is 1.91. The molecule has 0 spiro atoms. The number of fused-ring (bicyclic) bond motifs is 1. The zero-order chi connectivity index (χ0) is 10.3. The number of rotatable bonds is 2. The van der Waals surface area contributed by atoms with Crippen LogP contribution in [0.2, 0.25) is 0 Å². The number of hydrogen-bond donors (Lipinski definition) is 1. The number of H-pyrrole nitrogens is 1. The monoisotopic (exact) mass is 201 g/mol. The molecule has 1 aliphatic carbocycles. The van der Waals surface area contributed by atoms with Gasteiger partial charge >= 0.3 is 0 Å². The van der Waals surface area contributed by atoms with Gasteiger partial charge in [0.05, 0.1) is 5.52 Å². The lowest BCUT2D eigenvalue weighted by atomic mass is 9.83. The Hall–Kier alpha value is -1.38. The number of aromatic amines is 1. The summed E-state index contributed by atoms with van der Waals surface area (Å²) in [5.74, 6) is 1.96. The molecule has 15 heavy (non-hydrogen) atoms. The first-order valence-electron chi connectivity index (χ1n) is 5.62. The topological polar surface area (TPSA) is 41.6 Å². The molecule has 2 aromatic rings. The van der Waals surface area contributed by atoms with E-state index < -0.39 is 0 Å². The molecule has 0 unspecified atom stereocenters. The third kappa shape index (κ3) is 1.62. The van der Waals surface area contributed by atoms with Crippen LogP contribution in [0.5, 0.6) is 0 Å². The molecule has 78 valence electrons. The molecule has 0 saturated heterocycles. The molecule has 1 saturated carbocycles. The van der Waals surface area contributed by atoms with Gasteiger partial charge in [0, 0.05) is 12.6 Å². The van der Waals surface area contributed by atoms with Crippen LogP contribution in [0.4, 0.5) is 0 Å². The first-order valence-corrected chi connectivity index (χ1v) is 5.62. The summed E-state index contributed by atoms with van der Waals surface area (Å²) >= 11 is 0. The molecule has 2 heterocycles. The Bertz CT molecular complexity index is 483. The van der Waals surface area contributed by atoms with Gasteiger partial charge in [-0.15, -0.1) is 0 Å². The Morgan fingerprint density at radius 3 is 3.07 bits per heavy atom. The van der Waals surface area contributed by atoms with Gasteiger partial charge in [-0.3, -0.25) is 0 Å². The number of aromatic nitrogens is 3. The van der Waals surface area contributed by atoms with Crippen molar-refractivity contribution < 1.29 is 0 Å². The first kappa shape index (κ1) is 8.89. The van der Waals surface area contributed by atoms with Crippen molar-refractivity contribution >= 4 is 11.2 Å². The normalized spacial score (nSPS) is 16.9. The fourth-order valence-corrected chi connectivity index (χ4v) is 2.12. The van der Waals surface area contributed by atoms with Crippen molar-refractivity contribution in [1.29, 1.82) is 0 Å². The second-order valence-corrected chi connectivity index (χ2v) is 4.57. The number of imidazole rings is 1. The van der Waals surface area contributed by atoms with E-state index in [9.17, 15) is 0 Å². The number of nitrogens with one attached hydrogen (secondary N) is 1. The summed E-state index contributed by atoms with van der Waals surface area (Å²) in [7, 11) is 0. The van der Waals surface area contributed by atoms with Gasteiger partial charge in [-0.25, -0.2) is 9.97 Å². The molecule has 0 amide bonds. The van der Waals surface area contributed by atoms with Crippen LogP contribution in [-0.4, -0.2) is 15.0 Å². The summed E-state index contributed by atoms with van der Waals surface area (Å²) in [6.07, 6.45) is 7.08. The van der Waals surface area contributed by atoms with Crippen molar-refractivity contribution in [2.75, 3.05) is 0 Å². The molecular weight excluding hydrogens is 186 g/mol. The van der Waals surface area contributed by atoms with Crippen LogP contribution in [-0.2, 0) is 6.42 Å². The zero-order valence-corrected chi connectivity index (χ0v) is 8.95. The lowest BCUT2D eigenvalue weighted by Gasteiger charge is -2.23. The van der Waals surface area contributed by atoms with E-state index in [-0.39, 0.29) is 0 Å². The summed E-state index contributed by atoms with van der Waals surface area (Å²) in [6.45, 7) is 2.05. The van der Waals surface area contributed by atoms with E-state index in [0.29, 0.717) is 0 Å². The molecule has 1 aliphatic rings. The summed E-state index contributed by atoms with van der Waals surface area (Å²) < 4.78 is 0. The van der Waals surface area contributed by atoms with Crippen LogP contribution >= 0.6 is 0 Å². The zero-order valence-electron chi connectivity index (χ0n) is 8.95. The lowest BCUT2D eigenvalue weighted by Crippen LogP contribution is -2.14. The van der Waals surface area contributed by atoms with Gasteiger partial charge in [0.1, 0.15) is 5.82 Å². The van der Waals surface area contributed by atoms with Gasteiger partial charge in [-0.05, 0) is 24.5 Å². The SMILES string of the molecule is Cc1cnc2nc(CC3CCC3)[nH]c2c1. The van der Waals surface area contributed by atoms with Crippen LogP contribution < -0.4 is 0 Å². The fraction of sp³-hybridized carbons (Fsp3) is 0.500. The maximum atomic E-state index is 4.51. The minimum atomic E-state index is 0.853. The number of nitrogens with zero attached hydrogens (tertiary/aromatic N) is 2. The smallest absolute Gasteiger partial charge is 0.177 e. The van der Waals surface area contributed by atoms with Crippen LogP contribution in [0, 0.1) is 12.8 Å². The van der Waals surface area contributed by atoms with Gasteiger partial charge in [-0.2, -0.15) is 0 Å². The van der Waals surface area contributed by atoms with Gasteiger partial charge in [0.15, 0.2) is 5.65 Å². The molecule has 2 aromatic heterocycles. The first-order chi connectivity index (χ1) is 7.31. The Labute approximate surface area is 88.9 Å².